The number of esters is 1. The first kappa shape index (κ1) is 15.7. The van der Waals surface area contributed by atoms with E-state index in [1.165, 1.54) is 23.8 Å². The smallest absolute Gasteiger partial charge is 0.309 e. The van der Waals surface area contributed by atoms with Crippen molar-refractivity contribution >= 4 is 5.97 Å². The summed E-state index contributed by atoms with van der Waals surface area (Å²) in [5, 5.41) is 0. The van der Waals surface area contributed by atoms with Crippen molar-refractivity contribution in [2.45, 2.75) is 34.2 Å². The molecule has 1 rings (SSSR count). The zero-order chi connectivity index (χ0) is 14.4. The third-order valence-electron chi connectivity index (χ3n) is 3.27. The van der Waals surface area contributed by atoms with Crippen molar-refractivity contribution < 1.29 is 9.53 Å². The Morgan fingerprint density at radius 2 is 1.84 bits per heavy atom. The Labute approximate surface area is 116 Å². The molecule has 0 amide bonds. The summed E-state index contributed by atoms with van der Waals surface area (Å²) in [5.41, 5.74) is 3.87. The summed E-state index contributed by atoms with van der Waals surface area (Å²) in [6.45, 7) is 10.8. The number of hydrogen-bond donors (Lipinski definition) is 0. The Hall–Kier alpha value is -1.35. The fourth-order valence-corrected chi connectivity index (χ4v) is 2.39. The Kier molecular flexibility index (Phi) is 6.03. The lowest BCUT2D eigenvalue weighted by molar-refractivity contribution is -0.145. The van der Waals surface area contributed by atoms with Crippen LogP contribution in [-0.2, 0) is 16.1 Å². The number of rotatable bonds is 6. The third kappa shape index (κ3) is 5.03. The number of methoxy groups -OCH3 is 1. The molecule has 0 spiro atoms. The summed E-state index contributed by atoms with van der Waals surface area (Å²) in [6.07, 6.45) is 0. The molecule has 1 atom stereocenters. The second kappa shape index (κ2) is 7.29. The third-order valence-corrected chi connectivity index (χ3v) is 3.27. The molecule has 1 unspecified atom stereocenters. The first-order valence-corrected chi connectivity index (χ1v) is 6.83. The van der Waals surface area contributed by atoms with Crippen LogP contribution in [0, 0.1) is 19.8 Å². The van der Waals surface area contributed by atoms with Crippen LogP contribution in [0.25, 0.3) is 0 Å². The van der Waals surface area contributed by atoms with Gasteiger partial charge in [-0.3, -0.25) is 9.69 Å². The highest BCUT2D eigenvalue weighted by Gasteiger charge is 2.16. The van der Waals surface area contributed by atoms with Crippen LogP contribution in [0.5, 0.6) is 0 Å². The number of benzene rings is 1. The quantitative estimate of drug-likeness (QED) is 0.739. The average molecular weight is 263 g/mol. The van der Waals surface area contributed by atoms with Gasteiger partial charge in [0.15, 0.2) is 0 Å². The molecule has 0 heterocycles. The topological polar surface area (TPSA) is 29.5 Å². The van der Waals surface area contributed by atoms with Crippen molar-refractivity contribution in [3.8, 4) is 0 Å². The van der Waals surface area contributed by atoms with Crippen LogP contribution in [0.3, 0.4) is 0 Å². The van der Waals surface area contributed by atoms with E-state index in [1.807, 2.05) is 6.92 Å². The first-order valence-electron chi connectivity index (χ1n) is 6.83. The number of carbonyl (C=O) groups excluding carboxylic acids is 1. The van der Waals surface area contributed by atoms with Gasteiger partial charge in [0.1, 0.15) is 0 Å². The van der Waals surface area contributed by atoms with Crippen molar-refractivity contribution in [3.63, 3.8) is 0 Å². The number of carbonyl (C=O) groups is 1. The maximum Gasteiger partial charge on any atom is 0.309 e. The van der Waals surface area contributed by atoms with Gasteiger partial charge < -0.3 is 4.74 Å². The Morgan fingerprint density at radius 1 is 1.26 bits per heavy atom. The summed E-state index contributed by atoms with van der Waals surface area (Å²) in [4.78, 5) is 13.7. The van der Waals surface area contributed by atoms with Crippen LogP contribution >= 0.6 is 0 Å². The second-order valence-corrected chi connectivity index (χ2v) is 5.25. The van der Waals surface area contributed by atoms with E-state index < -0.39 is 0 Å². The molecule has 0 aliphatic rings. The largest absolute Gasteiger partial charge is 0.469 e. The summed E-state index contributed by atoms with van der Waals surface area (Å²) in [7, 11) is 1.44. The minimum absolute atomic E-state index is 0.0872. The van der Waals surface area contributed by atoms with Crippen LogP contribution in [-0.4, -0.2) is 31.1 Å². The maximum atomic E-state index is 11.5. The number of hydrogen-bond acceptors (Lipinski definition) is 3. The van der Waals surface area contributed by atoms with E-state index in [4.69, 9.17) is 4.74 Å². The van der Waals surface area contributed by atoms with E-state index in [-0.39, 0.29) is 11.9 Å². The minimum Gasteiger partial charge on any atom is -0.469 e. The van der Waals surface area contributed by atoms with E-state index in [9.17, 15) is 4.79 Å². The van der Waals surface area contributed by atoms with E-state index in [2.05, 4.69) is 43.9 Å². The molecule has 3 nitrogen and oxygen atoms in total. The predicted molar refractivity (Wildman–Crippen MR) is 78.0 cm³/mol. The zero-order valence-electron chi connectivity index (χ0n) is 12.7. The lowest BCUT2D eigenvalue weighted by Crippen LogP contribution is -2.32. The average Bonchev–Trinajstić information content (AvgIpc) is 2.35. The van der Waals surface area contributed by atoms with Gasteiger partial charge in [-0.15, -0.1) is 0 Å². The Morgan fingerprint density at radius 3 is 2.32 bits per heavy atom. The summed E-state index contributed by atoms with van der Waals surface area (Å²) in [5.74, 6) is -0.227. The Balaban J connectivity index is 2.68. The molecular weight excluding hydrogens is 238 g/mol. The van der Waals surface area contributed by atoms with Gasteiger partial charge in [-0.25, -0.2) is 0 Å². The molecule has 0 saturated carbocycles. The van der Waals surface area contributed by atoms with Crippen molar-refractivity contribution in [1.29, 1.82) is 0 Å². The molecular formula is C16H25NO2. The van der Waals surface area contributed by atoms with Crippen LogP contribution in [0.4, 0.5) is 0 Å². The summed E-state index contributed by atoms with van der Waals surface area (Å²) < 4.78 is 4.78. The number of ether oxygens (including phenoxy) is 1. The molecule has 1 aromatic rings. The highest BCUT2D eigenvalue weighted by atomic mass is 16.5. The SMILES string of the molecule is CCN(Cc1cc(C)cc(C)c1)CC(C)C(=O)OC. The zero-order valence-corrected chi connectivity index (χ0v) is 12.7. The van der Waals surface area contributed by atoms with Gasteiger partial charge in [-0.2, -0.15) is 0 Å². The lowest BCUT2D eigenvalue weighted by atomic mass is 10.1. The van der Waals surface area contributed by atoms with Crippen LogP contribution in [0.1, 0.15) is 30.5 Å². The van der Waals surface area contributed by atoms with Gasteiger partial charge in [0.2, 0.25) is 0 Å². The van der Waals surface area contributed by atoms with Gasteiger partial charge >= 0.3 is 5.97 Å². The normalized spacial score (nSPS) is 12.5. The summed E-state index contributed by atoms with van der Waals surface area (Å²) >= 11 is 0. The van der Waals surface area contributed by atoms with Crippen molar-refractivity contribution in [3.05, 3.63) is 34.9 Å². The molecule has 0 saturated heterocycles. The van der Waals surface area contributed by atoms with Crippen LogP contribution in [0.2, 0.25) is 0 Å². The molecule has 0 radical (unpaired) electrons. The summed E-state index contributed by atoms with van der Waals surface area (Å²) in [6, 6.07) is 6.59. The van der Waals surface area contributed by atoms with Gasteiger partial charge in [-0.1, -0.05) is 43.2 Å². The fraction of sp³-hybridized carbons (Fsp3) is 0.562. The molecule has 0 bridgehead atoms. The first-order chi connectivity index (χ1) is 8.96. The standard InChI is InChI=1S/C16H25NO2/c1-6-17(10-14(4)16(18)19-5)11-15-8-12(2)7-13(3)9-15/h7-9,14H,6,10-11H2,1-5H3. The number of aryl methyl sites for hydroxylation is 2. The molecule has 106 valence electrons. The van der Waals surface area contributed by atoms with Gasteiger partial charge in [0.25, 0.3) is 0 Å². The monoisotopic (exact) mass is 263 g/mol. The molecule has 1 aromatic carbocycles. The van der Waals surface area contributed by atoms with Crippen LogP contribution < -0.4 is 0 Å². The molecule has 0 fully saturated rings. The van der Waals surface area contributed by atoms with Crippen molar-refractivity contribution in [1.82, 2.24) is 4.90 Å². The second-order valence-electron chi connectivity index (χ2n) is 5.25. The molecule has 0 aliphatic heterocycles. The fourth-order valence-electron chi connectivity index (χ4n) is 2.39. The van der Waals surface area contributed by atoms with Gasteiger partial charge in [-0.05, 0) is 26.0 Å². The molecule has 19 heavy (non-hydrogen) atoms. The van der Waals surface area contributed by atoms with Crippen molar-refractivity contribution in [2.75, 3.05) is 20.2 Å². The predicted octanol–water partition coefficient (Wildman–Crippen LogP) is 2.93. The van der Waals surface area contributed by atoms with E-state index in [0.717, 1.165) is 19.6 Å². The molecule has 0 aliphatic carbocycles. The molecule has 0 N–H and O–H groups in total. The van der Waals surface area contributed by atoms with Gasteiger partial charge in [0.05, 0.1) is 13.0 Å². The van der Waals surface area contributed by atoms with E-state index in [1.54, 1.807) is 0 Å². The number of nitrogens with zero attached hydrogens (tertiary/aromatic N) is 1. The van der Waals surface area contributed by atoms with E-state index >= 15 is 0 Å². The lowest BCUT2D eigenvalue weighted by Gasteiger charge is -2.23. The maximum absolute atomic E-state index is 11.5. The highest BCUT2D eigenvalue weighted by molar-refractivity contribution is 5.72. The van der Waals surface area contributed by atoms with Crippen LogP contribution in [0.15, 0.2) is 18.2 Å². The van der Waals surface area contributed by atoms with E-state index in [0.29, 0.717) is 0 Å². The molecule has 3 heteroatoms. The highest BCUT2D eigenvalue weighted by Crippen LogP contribution is 2.13. The van der Waals surface area contributed by atoms with Gasteiger partial charge in [0, 0.05) is 13.1 Å². The Bertz CT molecular complexity index is 409. The minimum atomic E-state index is -0.140. The van der Waals surface area contributed by atoms with Crippen molar-refractivity contribution in [2.24, 2.45) is 5.92 Å². The molecule has 0 aromatic heterocycles.